The molecule has 3 N–H and O–H groups in total. The molecule has 19 heavy (non-hydrogen) atoms. The van der Waals surface area contributed by atoms with Crippen LogP contribution in [0.25, 0.3) is 0 Å². The van der Waals surface area contributed by atoms with E-state index in [0.717, 1.165) is 6.07 Å². The fourth-order valence-electron chi connectivity index (χ4n) is 1.68. The van der Waals surface area contributed by atoms with E-state index in [-0.39, 0.29) is 18.5 Å². The molecule has 0 heterocycles. The highest BCUT2D eigenvalue weighted by Crippen LogP contribution is 2.20. The number of carbonyl (C=O) groups is 1. The maximum atomic E-state index is 13.8. The Labute approximate surface area is 109 Å². The minimum atomic E-state index is -0.866. The number of hydrogen-bond donors (Lipinski definition) is 2. The van der Waals surface area contributed by atoms with Crippen LogP contribution in [0, 0.1) is 15.9 Å². The Morgan fingerprint density at radius 2 is 2.16 bits per heavy atom. The van der Waals surface area contributed by atoms with Crippen molar-refractivity contribution < 1.29 is 14.1 Å². The van der Waals surface area contributed by atoms with Crippen LogP contribution < -0.4 is 11.1 Å². The summed E-state index contributed by atoms with van der Waals surface area (Å²) in [6.45, 7) is 3.56. The Kier molecular flexibility index (Phi) is 4.55. The average molecular weight is 269 g/mol. The Bertz CT molecular complexity index is 503. The van der Waals surface area contributed by atoms with Crippen LogP contribution in [0.15, 0.2) is 18.2 Å². The number of carbonyl (C=O) groups excluding carboxylic acids is 1. The first-order valence-electron chi connectivity index (χ1n) is 5.68. The molecule has 104 valence electrons. The van der Waals surface area contributed by atoms with Gasteiger partial charge in [-0.15, -0.1) is 0 Å². The molecule has 1 amide bonds. The third-order valence-electron chi connectivity index (χ3n) is 2.63. The molecule has 0 bridgehead atoms. The Morgan fingerprint density at radius 1 is 1.53 bits per heavy atom. The van der Waals surface area contributed by atoms with E-state index in [9.17, 15) is 19.3 Å². The van der Waals surface area contributed by atoms with Crippen molar-refractivity contribution in [2.24, 2.45) is 5.73 Å². The number of primary amides is 1. The van der Waals surface area contributed by atoms with Gasteiger partial charge in [0.1, 0.15) is 0 Å². The van der Waals surface area contributed by atoms with Gasteiger partial charge >= 0.3 is 5.69 Å². The van der Waals surface area contributed by atoms with Crippen molar-refractivity contribution >= 4 is 11.6 Å². The lowest BCUT2D eigenvalue weighted by Crippen LogP contribution is -2.42. The van der Waals surface area contributed by atoms with E-state index in [1.54, 1.807) is 13.8 Å². The first-order valence-corrected chi connectivity index (χ1v) is 5.68. The number of hydrogen-bond acceptors (Lipinski definition) is 4. The normalized spacial score (nSPS) is 11.3. The van der Waals surface area contributed by atoms with Gasteiger partial charge in [-0.2, -0.15) is 4.39 Å². The lowest BCUT2D eigenvalue weighted by molar-refractivity contribution is -0.387. The van der Waals surface area contributed by atoms with Crippen molar-refractivity contribution in [1.29, 1.82) is 0 Å². The van der Waals surface area contributed by atoms with Gasteiger partial charge in [0.2, 0.25) is 11.7 Å². The van der Waals surface area contributed by atoms with E-state index in [4.69, 9.17) is 5.73 Å². The van der Waals surface area contributed by atoms with Crippen molar-refractivity contribution in [2.45, 2.75) is 32.4 Å². The summed E-state index contributed by atoms with van der Waals surface area (Å²) < 4.78 is 13.8. The molecule has 0 radical (unpaired) electrons. The summed E-state index contributed by atoms with van der Waals surface area (Å²) in [5.41, 5.74) is 4.10. The van der Waals surface area contributed by atoms with Crippen LogP contribution in [0.3, 0.4) is 0 Å². The Balaban J connectivity index is 2.81. The monoisotopic (exact) mass is 269 g/mol. The molecule has 6 nitrogen and oxygen atoms in total. The third kappa shape index (κ3) is 4.29. The highest BCUT2D eigenvalue weighted by atomic mass is 19.1. The van der Waals surface area contributed by atoms with Gasteiger partial charge < -0.3 is 11.1 Å². The summed E-state index contributed by atoms with van der Waals surface area (Å²) in [4.78, 5) is 20.7. The number of nitrogens with two attached hydrogens (primary N) is 1. The number of benzene rings is 1. The summed E-state index contributed by atoms with van der Waals surface area (Å²) >= 11 is 0. The van der Waals surface area contributed by atoms with Crippen LogP contribution in [0.4, 0.5) is 10.1 Å². The van der Waals surface area contributed by atoms with Crippen LogP contribution in [0.1, 0.15) is 25.8 Å². The maximum Gasteiger partial charge on any atom is 0.305 e. The molecule has 0 spiro atoms. The second-order valence-electron chi connectivity index (χ2n) is 4.89. The number of rotatable bonds is 6. The van der Waals surface area contributed by atoms with E-state index in [2.05, 4.69) is 5.32 Å². The second kappa shape index (κ2) is 5.75. The first kappa shape index (κ1) is 15.0. The minimum absolute atomic E-state index is 0.0772. The molecule has 0 fully saturated rings. The van der Waals surface area contributed by atoms with Gasteiger partial charge in [-0.25, -0.2) is 0 Å². The number of nitrogens with zero attached hydrogens (tertiary/aromatic N) is 1. The lowest BCUT2D eigenvalue weighted by atomic mass is 9.99. The van der Waals surface area contributed by atoms with Crippen LogP contribution >= 0.6 is 0 Å². The fraction of sp³-hybridized carbons (Fsp3) is 0.417. The fourth-order valence-corrected chi connectivity index (χ4v) is 1.68. The molecule has 1 rings (SSSR count). The van der Waals surface area contributed by atoms with E-state index in [0.29, 0.717) is 0 Å². The van der Waals surface area contributed by atoms with Crippen LogP contribution in [0.5, 0.6) is 0 Å². The topological polar surface area (TPSA) is 98.3 Å². The molecule has 0 aliphatic heterocycles. The highest BCUT2D eigenvalue weighted by molar-refractivity contribution is 5.75. The molecular formula is C12H16FN3O3. The number of nitrogens with one attached hydrogen (secondary N) is 1. The largest absolute Gasteiger partial charge is 0.370 e. The zero-order chi connectivity index (χ0) is 14.6. The SMILES string of the molecule is CC(C)(CC(N)=O)NCc1cccc([N+](=O)[O-])c1F. The summed E-state index contributed by atoms with van der Waals surface area (Å²) in [6.07, 6.45) is 0.0869. The molecule has 0 aliphatic carbocycles. The van der Waals surface area contributed by atoms with Crippen molar-refractivity contribution in [2.75, 3.05) is 0 Å². The summed E-state index contributed by atoms with van der Waals surface area (Å²) in [5, 5.41) is 13.6. The van der Waals surface area contributed by atoms with Gasteiger partial charge in [-0.3, -0.25) is 14.9 Å². The van der Waals surface area contributed by atoms with Crippen molar-refractivity contribution in [3.63, 3.8) is 0 Å². The van der Waals surface area contributed by atoms with E-state index >= 15 is 0 Å². The predicted molar refractivity (Wildman–Crippen MR) is 67.8 cm³/mol. The Hall–Kier alpha value is -2.02. The molecule has 0 unspecified atom stereocenters. The molecule has 1 aromatic rings. The average Bonchev–Trinajstić information content (AvgIpc) is 2.25. The molecule has 7 heteroatoms. The minimum Gasteiger partial charge on any atom is -0.370 e. The van der Waals surface area contributed by atoms with Crippen LogP contribution in [-0.2, 0) is 11.3 Å². The van der Waals surface area contributed by atoms with Crippen molar-refractivity contribution in [1.82, 2.24) is 5.32 Å². The van der Waals surface area contributed by atoms with Crippen molar-refractivity contribution in [3.05, 3.63) is 39.7 Å². The quantitative estimate of drug-likeness (QED) is 0.603. The van der Waals surface area contributed by atoms with Crippen molar-refractivity contribution in [3.8, 4) is 0 Å². The first-order chi connectivity index (χ1) is 8.73. The molecule has 1 aromatic carbocycles. The van der Waals surface area contributed by atoms with E-state index in [1.165, 1.54) is 12.1 Å². The van der Waals surface area contributed by atoms with E-state index in [1.807, 2.05) is 0 Å². The lowest BCUT2D eigenvalue weighted by Gasteiger charge is -2.24. The number of amides is 1. The second-order valence-corrected chi connectivity index (χ2v) is 4.89. The molecular weight excluding hydrogens is 253 g/mol. The molecule has 0 aliphatic rings. The molecule has 0 saturated heterocycles. The van der Waals surface area contributed by atoms with Crippen LogP contribution in [0.2, 0.25) is 0 Å². The van der Waals surface area contributed by atoms with Gasteiger partial charge in [0, 0.05) is 30.1 Å². The van der Waals surface area contributed by atoms with Gasteiger partial charge in [-0.05, 0) is 13.8 Å². The smallest absolute Gasteiger partial charge is 0.305 e. The molecule has 0 aromatic heterocycles. The van der Waals surface area contributed by atoms with Gasteiger partial charge in [0.15, 0.2) is 0 Å². The predicted octanol–water partition coefficient (Wildman–Crippen LogP) is 1.48. The Morgan fingerprint density at radius 3 is 2.68 bits per heavy atom. The number of halogens is 1. The molecule has 0 saturated carbocycles. The third-order valence-corrected chi connectivity index (χ3v) is 2.63. The van der Waals surface area contributed by atoms with Gasteiger partial charge in [-0.1, -0.05) is 12.1 Å². The standard InChI is InChI=1S/C12H16FN3O3/c1-12(2,6-10(14)17)15-7-8-4-3-5-9(11(8)13)16(18)19/h3-5,15H,6-7H2,1-2H3,(H2,14,17). The summed E-state index contributed by atoms with van der Waals surface area (Å²) in [7, 11) is 0. The van der Waals surface area contributed by atoms with E-state index < -0.39 is 27.9 Å². The zero-order valence-electron chi connectivity index (χ0n) is 10.8. The van der Waals surface area contributed by atoms with Gasteiger partial charge in [0.05, 0.1) is 4.92 Å². The zero-order valence-corrected chi connectivity index (χ0v) is 10.8. The maximum absolute atomic E-state index is 13.8. The summed E-state index contributed by atoms with van der Waals surface area (Å²) in [6, 6.07) is 3.97. The number of nitro benzene ring substituents is 1. The summed E-state index contributed by atoms with van der Waals surface area (Å²) in [5.74, 6) is -1.34. The highest BCUT2D eigenvalue weighted by Gasteiger charge is 2.22. The number of nitro groups is 1. The molecule has 0 atom stereocenters. The van der Waals surface area contributed by atoms with Gasteiger partial charge in [0.25, 0.3) is 0 Å². The van der Waals surface area contributed by atoms with Crippen LogP contribution in [-0.4, -0.2) is 16.4 Å².